The second kappa shape index (κ2) is 7.36. The molecular weight excluding hydrogens is 352 g/mol. The molecule has 8 heteroatoms. The van der Waals surface area contributed by atoms with Crippen molar-refractivity contribution in [2.45, 2.75) is 12.3 Å². The van der Waals surface area contributed by atoms with E-state index in [2.05, 4.69) is 9.72 Å². The first kappa shape index (κ1) is 18.2. The van der Waals surface area contributed by atoms with Gasteiger partial charge in [-0.1, -0.05) is 18.2 Å². The van der Waals surface area contributed by atoms with Crippen LogP contribution >= 0.6 is 0 Å². The Morgan fingerprint density at radius 2 is 2.11 bits per heavy atom. The highest BCUT2D eigenvalue weighted by molar-refractivity contribution is 5.92. The van der Waals surface area contributed by atoms with Crippen LogP contribution in [0.5, 0.6) is 11.5 Å². The number of hydrogen-bond acceptors (Lipinski definition) is 6. The molecule has 27 heavy (non-hydrogen) atoms. The van der Waals surface area contributed by atoms with Crippen molar-refractivity contribution < 1.29 is 24.2 Å². The average molecular weight is 370 g/mol. The number of pyridine rings is 1. The molecular formula is C19H18N2O6. The fraction of sp³-hybridized carbons (Fsp3) is 0.211. The summed E-state index contributed by atoms with van der Waals surface area (Å²) in [6.45, 7) is 0.107. The average Bonchev–Trinajstić information content (AvgIpc) is 2.66. The van der Waals surface area contributed by atoms with Gasteiger partial charge in [-0.05, 0) is 17.7 Å². The van der Waals surface area contributed by atoms with Crippen molar-refractivity contribution in [3.8, 4) is 11.5 Å². The summed E-state index contributed by atoms with van der Waals surface area (Å²) in [5, 5.41) is 10.5. The summed E-state index contributed by atoms with van der Waals surface area (Å²) < 4.78 is 10.3. The lowest BCUT2D eigenvalue weighted by Crippen LogP contribution is -2.26. The Morgan fingerprint density at radius 3 is 2.81 bits per heavy atom. The van der Waals surface area contributed by atoms with E-state index in [0.29, 0.717) is 11.3 Å². The minimum absolute atomic E-state index is 0.107. The number of H-pyrrole nitrogens is 1. The molecule has 3 rings (SSSR count). The highest BCUT2D eigenvalue weighted by Gasteiger charge is 2.30. The normalized spacial score (nSPS) is 13.7. The van der Waals surface area contributed by atoms with Crippen LogP contribution in [0.4, 0.5) is 0 Å². The van der Waals surface area contributed by atoms with E-state index in [9.17, 15) is 19.5 Å². The van der Waals surface area contributed by atoms with Gasteiger partial charge in [0.05, 0.1) is 12.7 Å². The molecule has 0 spiro atoms. The van der Waals surface area contributed by atoms with Gasteiger partial charge in [0.2, 0.25) is 5.91 Å². The van der Waals surface area contributed by atoms with Crippen LogP contribution < -0.4 is 16.0 Å². The fourth-order valence-electron chi connectivity index (χ4n) is 3.08. The third kappa shape index (κ3) is 3.55. The van der Waals surface area contributed by atoms with Gasteiger partial charge in [-0.15, -0.1) is 0 Å². The number of aromatic amines is 1. The Hall–Kier alpha value is -3.55. The molecule has 0 saturated heterocycles. The van der Waals surface area contributed by atoms with Crippen LogP contribution in [0, 0.1) is 0 Å². The number of aromatic nitrogens is 1. The van der Waals surface area contributed by atoms with Crippen LogP contribution in [0.2, 0.25) is 0 Å². The Morgan fingerprint density at radius 1 is 1.37 bits per heavy atom. The number of primary amides is 1. The summed E-state index contributed by atoms with van der Waals surface area (Å²) in [4.78, 5) is 38.3. The van der Waals surface area contributed by atoms with Crippen molar-refractivity contribution in [1.82, 2.24) is 4.98 Å². The van der Waals surface area contributed by atoms with Crippen molar-refractivity contribution in [3.05, 3.63) is 63.1 Å². The molecule has 0 fully saturated rings. The molecule has 1 atom stereocenters. The lowest BCUT2D eigenvalue weighted by Gasteiger charge is -2.25. The highest BCUT2D eigenvalue weighted by Crippen LogP contribution is 2.37. The summed E-state index contributed by atoms with van der Waals surface area (Å²) in [5.41, 5.74) is 5.74. The fourth-order valence-corrected chi connectivity index (χ4v) is 3.08. The van der Waals surface area contributed by atoms with E-state index < -0.39 is 29.1 Å². The molecule has 0 radical (unpaired) electrons. The number of hydrogen-bond donors (Lipinski definition) is 3. The van der Waals surface area contributed by atoms with Gasteiger partial charge < -0.3 is 25.3 Å². The minimum atomic E-state index is -0.857. The number of methoxy groups -OCH3 is 1. The largest absolute Gasteiger partial charge is 0.506 e. The second-order valence-corrected chi connectivity index (χ2v) is 6.05. The summed E-state index contributed by atoms with van der Waals surface area (Å²) in [7, 11) is 1.15. The molecule has 0 aliphatic carbocycles. The van der Waals surface area contributed by atoms with E-state index in [1.165, 1.54) is 0 Å². The van der Waals surface area contributed by atoms with Crippen molar-refractivity contribution in [2.75, 3.05) is 13.7 Å². The second-order valence-electron chi connectivity index (χ2n) is 6.05. The van der Waals surface area contributed by atoms with Crippen LogP contribution in [0.1, 0.15) is 33.8 Å². The topological polar surface area (TPSA) is 132 Å². The molecule has 8 nitrogen and oxygen atoms in total. The van der Waals surface area contributed by atoms with Gasteiger partial charge in [0.25, 0.3) is 5.56 Å². The van der Waals surface area contributed by atoms with Gasteiger partial charge in [-0.2, -0.15) is 0 Å². The predicted molar refractivity (Wildman–Crippen MR) is 96.5 cm³/mol. The van der Waals surface area contributed by atoms with Crippen molar-refractivity contribution >= 4 is 18.0 Å². The monoisotopic (exact) mass is 370 g/mol. The Balaban J connectivity index is 2.15. The third-order valence-electron chi connectivity index (χ3n) is 4.36. The molecule has 1 aliphatic rings. The number of aromatic hydroxyl groups is 1. The molecule has 4 N–H and O–H groups in total. The van der Waals surface area contributed by atoms with Crippen LogP contribution in [0.25, 0.3) is 6.08 Å². The highest BCUT2D eigenvalue weighted by atomic mass is 16.5. The zero-order valence-corrected chi connectivity index (χ0v) is 14.5. The Kier molecular flexibility index (Phi) is 4.98. The van der Waals surface area contributed by atoms with Crippen LogP contribution in [-0.4, -0.2) is 35.7 Å². The summed E-state index contributed by atoms with van der Waals surface area (Å²) in [6, 6.07) is 7.28. The van der Waals surface area contributed by atoms with Crippen LogP contribution in [-0.2, 0) is 9.53 Å². The van der Waals surface area contributed by atoms with Gasteiger partial charge in [0.1, 0.15) is 23.7 Å². The molecule has 0 saturated carbocycles. The first-order valence-electron chi connectivity index (χ1n) is 8.15. The number of fused-ring (bicyclic) bond motifs is 1. The molecule has 140 valence electrons. The number of rotatable bonds is 5. The Bertz CT molecular complexity index is 992. The lowest BCUT2D eigenvalue weighted by molar-refractivity contribution is -0.118. The van der Waals surface area contributed by atoms with Crippen LogP contribution in [0.3, 0.4) is 0 Å². The minimum Gasteiger partial charge on any atom is -0.506 e. The number of ether oxygens (including phenoxy) is 2. The maximum atomic E-state index is 12.4. The summed E-state index contributed by atoms with van der Waals surface area (Å²) in [6.07, 6.45) is 2.62. The molecule has 0 bridgehead atoms. The van der Waals surface area contributed by atoms with E-state index in [1.54, 1.807) is 12.1 Å². The molecule has 2 heterocycles. The van der Waals surface area contributed by atoms with Gasteiger partial charge in [0, 0.05) is 24.1 Å². The van der Waals surface area contributed by atoms with E-state index in [-0.39, 0.29) is 24.2 Å². The molecule has 1 aliphatic heterocycles. The molecule has 1 aromatic carbocycles. The number of amides is 1. The number of nitrogens with one attached hydrogen (secondary N) is 1. The molecule has 1 amide bonds. The number of carbonyl (C=O) groups is 2. The van der Waals surface area contributed by atoms with Crippen LogP contribution in [0.15, 0.2) is 40.8 Å². The van der Waals surface area contributed by atoms with Gasteiger partial charge in [-0.25, -0.2) is 4.79 Å². The molecule has 2 aromatic rings. The van der Waals surface area contributed by atoms with E-state index in [1.807, 2.05) is 18.2 Å². The van der Waals surface area contributed by atoms with Crippen molar-refractivity contribution in [3.63, 3.8) is 0 Å². The smallest absolute Gasteiger partial charge is 0.343 e. The first-order chi connectivity index (χ1) is 12.9. The number of esters is 1. The zero-order valence-electron chi connectivity index (χ0n) is 14.5. The van der Waals surface area contributed by atoms with E-state index >= 15 is 0 Å². The predicted octanol–water partition coefficient (Wildman–Crippen LogP) is 1.30. The third-order valence-corrected chi connectivity index (χ3v) is 4.36. The lowest BCUT2D eigenvalue weighted by atomic mass is 9.85. The quantitative estimate of drug-likeness (QED) is 0.680. The van der Waals surface area contributed by atoms with Crippen molar-refractivity contribution in [2.24, 2.45) is 5.73 Å². The standard InChI is InChI=1S/C19H18N2O6/c1-26-19(25)13-8-21-18(24)16(17(13)23)12(7-15(20)22)11-6-10-4-2-3-5-14(10)27-9-11/h2-6,8,12H,7,9H2,1H3,(H2,20,22)(H2,21,23,24)/t12-/m1/s1. The summed E-state index contributed by atoms with van der Waals surface area (Å²) >= 11 is 0. The number of nitrogens with two attached hydrogens (primary N) is 1. The zero-order chi connectivity index (χ0) is 19.6. The maximum Gasteiger partial charge on any atom is 0.343 e. The molecule has 1 aromatic heterocycles. The SMILES string of the molecule is COC(=O)c1c[nH]c(=O)c([C@H](CC(N)=O)C2=Cc3ccccc3OC2)c1O. The van der Waals surface area contributed by atoms with E-state index in [0.717, 1.165) is 18.9 Å². The summed E-state index contributed by atoms with van der Waals surface area (Å²) in [5.74, 6) is -2.22. The Labute approximate surface area is 154 Å². The first-order valence-corrected chi connectivity index (χ1v) is 8.15. The number of para-hydroxylation sites is 1. The van der Waals surface area contributed by atoms with Crippen molar-refractivity contribution in [1.29, 1.82) is 0 Å². The van der Waals surface area contributed by atoms with Gasteiger partial charge in [-0.3, -0.25) is 9.59 Å². The number of carbonyl (C=O) groups excluding carboxylic acids is 2. The van der Waals surface area contributed by atoms with E-state index in [4.69, 9.17) is 10.5 Å². The maximum absolute atomic E-state index is 12.4. The molecule has 0 unspecified atom stereocenters. The van der Waals surface area contributed by atoms with Gasteiger partial charge in [0.15, 0.2) is 0 Å². The van der Waals surface area contributed by atoms with Gasteiger partial charge >= 0.3 is 5.97 Å². The number of benzene rings is 1.